The SMILES string of the molecule is CCNC(c1c(C)cccc1C)c1c(Cl)cnn1CC. The van der Waals surface area contributed by atoms with Crippen LogP contribution in [0.4, 0.5) is 0 Å². The fraction of sp³-hybridized carbons (Fsp3) is 0.438. The minimum atomic E-state index is 0.0798. The van der Waals surface area contributed by atoms with E-state index in [2.05, 4.69) is 56.3 Å². The van der Waals surface area contributed by atoms with Gasteiger partial charge in [-0.3, -0.25) is 4.68 Å². The van der Waals surface area contributed by atoms with Gasteiger partial charge >= 0.3 is 0 Å². The molecule has 108 valence electrons. The summed E-state index contributed by atoms with van der Waals surface area (Å²) in [6.07, 6.45) is 1.73. The van der Waals surface area contributed by atoms with Gasteiger partial charge in [0, 0.05) is 6.54 Å². The predicted molar refractivity (Wildman–Crippen MR) is 84.3 cm³/mol. The van der Waals surface area contributed by atoms with E-state index in [1.807, 2.05) is 4.68 Å². The van der Waals surface area contributed by atoms with Gasteiger partial charge in [-0.2, -0.15) is 5.10 Å². The van der Waals surface area contributed by atoms with E-state index < -0.39 is 0 Å². The van der Waals surface area contributed by atoms with E-state index in [0.29, 0.717) is 0 Å². The topological polar surface area (TPSA) is 29.9 Å². The maximum absolute atomic E-state index is 6.39. The third-order valence-electron chi connectivity index (χ3n) is 3.65. The second kappa shape index (κ2) is 6.42. The van der Waals surface area contributed by atoms with Crippen LogP contribution in [0, 0.1) is 13.8 Å². The normalized spacial score (nSPS) is 12.7. The third kappa shape index (κ3) is 2.74. The van der Waals surface area contributed by atoms with Crippen LogP contribution in [-0.4, -0.2) is 16.3 Å². The van der Waals surface area contributed by atoms with Crippen molar-refractivity contribution < 1.29 is 0 Å². The van der Waals surface area contributed by atoms with Crippen molar-refractivity contribution in [3.63, 3.8) is 0 Å². The number of benzene rings is 1. The van der Waals surface area contributed by atoms with Crippen molar-refractivity contribution >= 4 is 11.6 Å². The third-order valence-corrected chi connectivity index (χ3v) is 3.94. The van der Waals surface area contributed by atoms with Gasteiger partial charge in [-0.1, -0.05) is 36.7 Å². The van der Waals surface area contributed by atoms with Gasteiger partial charge in [-0.05, 0) is 44.0 Å². The minimum absolute atomic E-state index is 0.0798. The van der Waals surface area contributed by atoms with Crippen molar-refractivity contribution in [1.82, 2.24) is 15.1 Å². The largest absolute Gasteiger partial charge is 0.305 e. The van der Waals surface area contributed by atoms with Crippen molar-refractivity contribution in [3.05, 3.63) is 51.8 Å². The van der Waals surface area contributed by atoms with Gasteiger partial charge in [0.1, 0.15) is 0 Å². The zero-order valence-corrected chi connectivity index (χ0v) is 13.3. The van der Waals surface area contributed by atoms with Gasteiger partial charge in [0.05, 0.1) is 23.0 Å². The molecule has 0 spiro atoms. The number of aryl methyl sites for hydroxylation is 3. The van der Waals surface area contributed by atoms with Gasteiger partial charge in [0.2, 0.25) is 0 Å². The molecule has 1 aromatic carbocycles. The maximum Gasteiger partial charge on any atom is 0.0837 e. The number of nitrogens with zero attached hydrogens (tertiary/aromatic N) is 2. The van der Waals surface area contributed by atoms with Crippen LogP contribution in [0.5, 0.6) is 0 Å². The van der Waals surface area contributed by atoms with Crippen molar-refractivity contribution in [3.8, 4) is 0 Å². The quantitative estimate of drug-likeness (QED) is 0.906. The van der Waals surface area contributed by atoms with E-state index in [0.717, 1.165) is 23.8 Å². The smallest absolute Gasteiger partial charge is 0.0837 e. The number of aromatic nitrogens is 2. The second-order valence-electron chi connectivity index (χ2n) is 4.99. The van der Waals surface area contributed by atoms with Crippen molar-refractivity contribution in [1.29, 1.82) is 0 Å². The van der Waals surface area contributed by atoms with Gasteiger partial charge < -0.3 is 5.32 Å². The van der Waals surface area contributed by atoms with Crippen LogP contribution in [0.25, 0.3) is 0 Å². The zero-order chi connectivity index (χ0) is 14.7. The van der Waals surface area contributed by atoms with E-state index in [1.165, 1.54) is 16.7 Å². The van der Waals surface area contributed by atoms with Crippen LogP contribution >= 0.6 is 11.6 Å². The van der Waals surface area contributed by atoms with E-state index in [4.69, 9.17) is 11.6 Å². The van der Waals surface area contributed by atoms with E-state index in [-0.39, 0.29) is 6.04 Å². The van der Waals surface area contributed by atoms with Gasteiger partial charge in [-0.25, -0.2) is 0 Å². The Hall–Kier alpha value is -1.32. The Kier molecular flexibility index (Phi) is 4.84. The molecule has 0 bridgehead atoms. The average molecular weight is 292 g/mol. The van der Waals surface area contributed by atoms with E-state index >= 15 is 0 Å². The lowest BCUT2D eigenvalue weighted by Gasteiger charge is -2.23. The summed E-state index contributed by atoms with van der Waals surface area (Å²) in [6, 6.07) is 6.47. The number of hydrogen-bond acceptors (Lipinski definition) is 2. The monoisotopic (exact) mass is 291 g/mol. The minimum Gasteiger partial charge on any atom is -0.305 e. The van der Waals surface area contributed by atoms with Crippen LogP contribution in [0.2, 0.25) is 5.02 Å². The highest BCUT2D eigenvalue weighted by Crippen LogP contribution is 2.32. The van der Waals surface area contributed by atoms with Crippen LogP contribution in [0.1, 0.15) is 42.3 Å². The molecule has 2 aromatic rings. The number of nitrogens with one attached hydrogen (secondary N) is 1. The van der Waals surface area contributed by atoms with Gasteiger partial charge in [-0.15, -0.1) is 0 Å². The zero-order valence-electron chi connectivity index (χ0n) is 12.6. The first-order valence-corrected chi connectivity index (χ1v) is 7.48. The molecule has 0 amide bonds. The summed E-state index contributed by atoms with van der Waals surface area (Å²) in [7, 11) is 0. The summed E-state index contributed by atoms with van der Waals surface area (Å²) in [5.41, 5.74) is 4.90. The Labute approximate surface area is 126 Å². The lowest BCUT2D eigenvalue weighted by molar-refractivity contribution is 0.539. The summed E-state index contributed by atoms with van der Waals surface area (Å²) in [5, 5.41) is 8.64. The maximum atomic E-state index is 6.39. The molecule has 0 aliphatic rings. The average Bonchev–Trinajstić information content (AvgIpc) is 2.78. The van der Waals surface area contributed by atoms with Crippen molar-refractivity contribution in [2.24, 2.45) is 0 Å². The molecule has 0 aliphatic carbocycles. The van der Waals surface area contributed by atoms with Gasteiger partial charge in [0.15, 0.2) is 0 Å². The molecule has 1 aromatic heterocycles. The lowest BCUT2D eigenvalue weighted by atomic mass is 9.94. The standard InChI is InChI=1S/C16H22ClN3/c1-5-18-15(14-11(3)8-7-9-12(14)4)16-13(17)10-19-20(16)6-2/h7-10,15,18H,5-6H2,1-4H3. The fourth-order valence-corrected chi connectivity index (χ4v) is 2.98. The summed E-state index contributed by atoms with van der Waals surface area (Å²) < 4.78 is 1.97. The molecule has 1 heterocycles. The molecular formula is C16H22ClN3. The Morgan fingerprint density at radius 1 is 1.25 bits per heavy atom. The van der Waals surface area contributed by atoms with Crippen molar-refractivity contribution in [2.75, 3.05) is 6.54 Å². The molecule has 1 unspecified atom stereocenters. The molecule has 0 saturated heterocycles. The first kappa shape index (κ1) is 15.1. The Morgan fingerprint density at radius 2 is 1.90 bits per heavy atom. The second-order valence-corrected chi connectivity index (χ2v) is 5.40. The summed E-state index contributed by atoms with van der Waals surface area (Å²) in [6.45, 7) is 10.2. The number of hydrogen-bond donors (Lipinski definition) is 1. The number of halogens is 1. The Morgan fingerprint density at radius 3 is 2.45 bits per heavy atom. The fourth-order valence-electron chi connectivity index (χ4n) is 2.73. The van der Waals surface area contributed by atoms with Crippen LogP contribution in [-0.2, 0) is 6.54 Å². The van der Waals surface area contributed by atoms with Crippen LogP contribution < -0.4 is 5.32 Å². The highest BCUT2D eigenvalue weighted by Gasteiger charge is 2.23. The summed E-state index contributed by atoms with van der Waals surface area (Å²) in [4.78, 5) is 0. The molecule has 1 N–H and O–H groups in total. The molecule has 0 saturated carbocycles. The first-order chi connectivity index (χ1) is 9.60. The predicted octanol–water partition coefficient (Wildman–Crippen LogP) is 3.87. The summed E-state index contributed by atoms with van der Waals surface area (Å²) >= 11 is 6.39. The van der Waals surface area contributed by atoms with Gasteiger partial charge in [0.25, 0.3) is 0 Å². The van der Waals surface area contributed by atoms with Crippen LogP contribution in [0.15, 0.2) is 24.4 Å². The van der Waals surface area contributed by atoms with E-state index in [9.17, 15) is 0 Å². The molecule has 20 heavy (non-hydrogen) atoms. The molecule has 0 fully saturated rings. The molecule has 3 nitrogen and oxygen atoms in total. The molecular weight excluding hydrogens is 270 g/mol. The molecule has 4 heteroatoms. The Bertz CT molecular complexity index is 569. The molecule has 2 rings (SSSR count). The van der Waals surface area contributed by atoms with Crippen molar-refractivity contribution in [2.45, 2.75) is 40.3 Å². The lowest BCUT2D eigenvalue weighted by Crippen LogP contribution is -2.26. The Balaban J connectivity index is 2.59. The number of rotatable bonds is 5. The summed E-state index contributed by atoms with van der Waals surface area (Å²) in [5.74, 6) is 0. The highest BCUT2D eigenvalue weighted by atomic mass is 35.5. The van der Waals surface area contributed by atoms with Crippen LogP contribution in [0.3, 0.4) is 0 Å². The first-order valence-electron chi connectivity index (χ1n) is 7.10. The molecule has 0 radical (unpaired) electrons. The highest BCUT2D eigenvalue weighted by molar-refractivity contribution is 6.31. The molecule has 1 atom stereocenters. The molecule has 0 aliphatic heterocycles. The van der Waals surface area contributed by atoms with E-state index in [1.54, 1.807) is 6.20 Å².